The van der Waals surface area contributed by atoms with Crippen LogP contribution in [0.15, 0.2) is 48.5 Å². The molecule has 1 heterocycles. The highest BCUT2D eigenvalue weighted by atomic mass is 35.5. The van der Waals surface area contributed by atoms with Crippen LogP contribution in [0.3, 0.4) is 0 Å². The van der Waals surface area contributed by atoms with Gasteiger partial charge in [0.05, 0.1) is 11.3 Å². The van der Waals surface area contributed by atoms with Crippen LogP contribution in [0.1, 0.15) is 15.9 Å². The minimum absolute atomic E-state index is 0.249. The largest absolute Gasteiger partial charge is 0.454 e. The third-order valence-electron chi connectivity index (χ3n) is 4.28. The van der Waals surface area contributed by atoms with Crippen molar-refractivity contribution in [1.29, 1.82) is 0 Å². The first kappa shape index (κ1) is 19.6. The summed E-state index contributed by atoms with van der Waals surface area (Å²) in [6, 6.07) is 13.5. The second kappa shape index (κ2) is 8.22. The van der Waals surface area contributed by atoms with Crippen LogP contribution in [0.4, 0.5) is 5.69 Å². The van der Waals surface area contributed by atoms with E-state index < -0.39 is 36.7 Å². The highest BCUT2D eigenvalue weighted by Gasteiger charge is 2.36. The van der Waals surface area contributed by atoms with Gasteiger partial charge in [-0.25, -0.2) is 0 Å². The van der Waals surface area contributed by atoms with E-state index in [-0.39, 0.29) is 5.56 Å². The Morgan fingerprint density at radius 2 is 1.75 bits per heavy atom. The second-order valence-electron chi connectivity index (χ2n) is 6.27. The molecule has 2 aromatic carbocycles. The molecule has 0 aromatic heterocycles. The average molecular weight is 401 g/mol. The number of amides is 2. The van der Waals surface area contributed by atoms with E-state index >= 15 is 0 Å². The van der Waals surface area contributed by atoms with Crippen molar-refractivity contribution in [3.8, 4) is 0 Å². The number of Topliss-reactive ketones (excluding diaryl/α,β-unsaturated/α-hetero) is 1. The maximum absolute atomic E-state index is 12.2. The van der Waals surface area contributed by atoms with Crippen molar-refractivity contribution >= 4 is 40.9 Å². The number of carbonyl (C=O) groups excluding carboxylic acids is 4. The van der Waals surface area contributed by atoms with E-state index in [1.807, 2.05) is 0 Å². The molecule has 3 rings (SSSR count). The fourth-order valence-corrected chi connectivity index (χ4v) is 2.91. The van der Waals surface area contributed by atoms with Crippen molar-refractivity contribution in [1.82, 2.24) is 4.90 Å². The Balaban J connectivity index is 1.53. The van der Waals surface area contributed by atoms with Gasteiger partial charge in [0.25, 0.3) is 17.6 Å². The van der Waals surface area contributed by atoms with Crippen molar-refractivity contribution in [2.45, 2.75) is 6.54 Å². The standard InChI is InChI=1S/C20H17ClN2O5/c1-22(10-13-6-8-14(21)9-7-13)17(24)12-28-18(25)11-23-16-5-3-2-4-15(16)19(26)20(23)27/h2-9H,10-12H2,1H3. The van der Waals surface area contributed by atoms with Crippen LogP contribution >= 0.6 is 11.6 Å². The molecule has 1 aliphatic heterocycles. The van der Waals surface area contributed by atoms with E-state index in [0.717, 1.165) is 10.5 Å². The van der Waals surface area contributed by atoms with Gasteiger partial charge >= 0.3 is 5.97 Å². The Bertz CT molecular complexity index is 942. The normalized spacial score (nSPS) is 12.7. The third-order valence-corrected chi connectivity index (χ3v) is 4.53. The molecular weight excluding hydrogens is 384 g/mol. The van der Waals surface area contributed by atoms with E-state index in [2.05, 4.69) is 0 Å². The fraction of sp³-hybridized carbons (Fsp3) is 0.200. The van der Waals surface area contributed by atoms with Crippen LogP contribution in [0.2, 0.25) is 5.02 Å². The molecule has 0 unspecified atom stereocenters. The molecule has 0 bridgehead atoms. The molecule has 1 aliphatic rings. The number of likely N-dealkylation sites (N-methyl/N-ethyl adjacent to an activating group) is 1. The maximum Gasteiger partial charge on any atom is 0.326 e. The van der Waals surface area contributed by atoms with Crippen molar-refractivity contribution in [3.63, 3.8) is 0 Å². The molecule has 0 aliphatic carbocycles. The van der Waals surface area contributed by atoms with Gasteiger partial charge in [0.15, 0.2) is 6.61 Å². The molecule has 2 amide bonds. The summed E-state index contributed by atoms with van der Waals surface area (Å²) < 4.78 is 4.99. The lowest BCUT2D eigenvalue weighted by Gasteiger charge is -2.18. The van der Waals surface area contributed by atoms with Crippen LogP contribution in [-0.2, 0) is 25.7 Å². The zero-order valence-electron chi connectivity index (χ0n) is 15.1. The van der Waals surface area contributed by atoms with E-state index in [9.17, 15) is 19.2 Å². The molecule has 8 heteroatoms. The van der Waals surface area contributed by atoms with Gasteiger partial charge in [0.2, 0.25) is 0 Å². The van der Waals surface area contributed by atoms with Crippen molar-refractivity contribution in [2.24, 2.45) is 0 Å². The molecule has 28 heavy (non-hydrogen) atoms. The quantitative estimate of drug-likeness (QED) is 0.547. The number of hydrogen-bond acceptors (Lipinski definition) is 5. The summed E-state index contributed by atoms with van der Waals surface area (Å²) in [6.07, 6.45) is 0. The number of ketones is 1. The summed E-state index contributed by atoms with van der Waals surface area (Å²) in [6.45, 7) is -0.559. The molecular formula is C20H17ClN2O5. The molecule has 0 radical (unpaired) electrons. The van der Waals surface area contributed by atoms with Crippen LogP contribution in [0.25, 0.3) is 0 Å². The number of carbonyl (C=O) groups is 4. The molecule has 144 valence electrons. The topological polar surface area (TPSA) is 84.0 Å². The molecule has 0 saturated heterocycles. The van der Waals surface area contributed by atoms with Gasteiger partial charge in [-0.05, 0) is 29.8 Å². The Labute approximate surface area is 166 Å². The summed E-state index contributed by atoms with van der Waals surface area (Å²) in [4.78, 5) is 50.7. The van der Waals surface area contributed by atoms with E-state index in [4.69, 9.17) is 16.3 Å². The lowest BCUT2D eigenvalue weighted by Crippen LogP contribution is -2.37. The van der Waals surface area contributed by atoms with Gasteiger partial charge in [-0.15, -0.1) is 0 Å². The number of halogens is 1. The smallest absolute Gasteiger partial charge is 0.326 e. The summed E-state index contributed by atoms with van der Waals surface area (Å²) in [5.41, 5.74) is 1.49. The number of ether oxygens (including phenoxy) is 1. The molecule has 0 saturated carbocycles. The van der Waals surface area contributed by atoms with Crippen molar-refractivity contribution in [2.75, 3.05) is 25.1 Å². The second-order valence-corrected chi connectivity index (χ2v) is 6.71. The SMILES string of the molecule is CN(Cc1ccc(Cl)cc1)C(=O)COC(=O)CN1C(=O)C(=O)c2ccccc21. The van der Waals surface area contributed by atoms with Crippen molar-refractivity contribution in [3.05, 3.63) is 64.7 Å². The van der Waals surface area contributed by atoms with E-state index in [0.29, 0.717) is 17.3 Å². The summed E-state index contributed by atoms with van der Waals surface area (Å²) >= 11 is 5.83. The van der Waals surface area contributed by atoms with Gasteiger partial charge in [0, 0.05) is 18.6 Å². The number of esters is 1. The molecule has 0 atom stereocenters. The first-order valence-electron chi connectivity index (χ1n) is 8.46. The van der Waals surface area contributed by atoms with E-state index in [1.54, 1.807) is 49.5 Å². The third kappa shape index (κ3) is 4.20. The van der Waals surface area contributed by atoms with Crippen LogP contribution in [-0.4, -0.2) is 48.7 Å². The number of anilines is 1. The number of nitrogens with zero attached hydrogens (tertiary/aromatic N) is 2. The highest BCUT2D eigenvalue weighted by molar-refractivity contribution is 6.52. The Kier molecular flexibility index (Phi) is 5.75. The van der Waals surface area contributed by atoms with Gasteiger partial charge < -0.3 is 9.64 Å². The number of hydrogen-bond donors (Lipinski definition) is 0. The minimum Gasteiger partial charge on any atom is -0.454 e. The lowest BCUT2D eigenvalue weighted by molar-refractivity contribution is -0.150. The highest BCUT2D eigenvalue weighted by Crippen LogP contribution is 2.28. The summed E-state index contributed by atoms with van der Waals surface area (Å²) in [7, 11) is 1.59. The summed E-state index contributed by atoms with van der Waals surface area (Å²) in [5, 5.41) is 0.600. The molecule has 2 aromatic rings. The lowest BCUT2D eigenvalue weighted by atomic mass is 10.1. The maximum atomic E-state index is 12.2. The van der Waals surface area contributed by atoms with E-state index in [1.165, 1.54) is 11.0 Å². The number of rotatable bonds is 6. The molecule has 7 nitrogen and oxygen atoms in total. The Hall–Kier alpha value is -3.19. The number of fused-ring (bicyclic) bond motifs is 1. The monoisotopic (exact) mass is 400 g/mol. The van der Waals surface area contributed by atoms with Gasteiger partial charge in [-0.3, -0.25) is 24.1 Å². The predicted molar refractivity (Wildman–Crippen MR) is 102 cm³/mol. The fourth-order valence-electron chi connectivity index (χ4n) is 2.78. The number of benzene rings is 2. The van der Waals surface area contributed by atoms with Crippen LogP contribution in [0.5, 0.6) is 0 Å². The molecule has 0 spiro atoms. The van der Waals surface area contributed by atoms with Gasteiger partial charge in [-0.2, -0.15) is 0 Å². The first-order chi connectivity index (χ1) is 13.4. The molecule has 0 fully saturated rings. The van der Waals surface area contributed by atoms with Gasteiger partial charge in [-0.1, -0.05) is 35.9 Å². The summed E-state index contributed by atoms with van der Waals surface area (Å²) in [5.74, 6) is -2.62. The average Bonchev–Trinajstić information content (AvgIpc) is 2.93. The van der Waals surface area contributed by atoms with Gasteiger partial charge in [0.1, 0.15) is 6.54 Å². The van der Waals surface area contributed by atoms with Crippen molar-refractivity contribution < 1.29 is 23.9 Å². The molecule has 0 N–H and O–H groups in total. The Morgan fingerprint density at radius 3 is 2.46 bits per heavy atom. The van der Waals surface area contributed by atoms with Crippen LogP contribution < -0.4 is 4.90 Å². The Morgan fingerprint density at radius 1 is 1.07 bits per heavy atom. The number of para-hydroxylation sites is 1. The first-order valence-corrected chi connectivity index (χ1v) is 8.84. The minimum atomic E-state index is -0.788. The zero-order valence-corrected chi connectivity index (χ0v) is 15.8. The predicted octanol–water partition coefficient (Wildman–Crippen LogP) is 2.07. The zero-order chi connectivity index (χ0) is 20.3. The van der Waals surface area contributed by atoms with Crippen LogP contribution in [0, 0.1) is 0 Å².